The third kappa shape index (κ3) is 0.688. The molecule has 1 aromatic rings. The molecule has 0 heterocycles. The first kappa shape index (κ1) is 5.72. The molecule has 0 fully saturated rings. The first-order chi connectivity index (χ1) is 4.88. The summed E-state index contributed by atoms with van der Waals surface area (Å²) in [5.74, 6) is 0. The van der Waals surface area contributed by atoms with E-state index in [1.807, 2.05) is 0 Å². The number of fused-ring (bicyclic) bond motifs is 1. The molecule has 0 bridgehead atoms. The Bertz CT molecular complexity index is 271. The predicted octanol–water partition coefficient (Wildman–Crippen LogP) is 2.65. The van der Waals surface area contributed by atoms with Crippen molar-refractivity contribution in [3.8, 4) is 0 Å². The van der Waals surface area contributed by atoms with Crippen molar-refractivity contribution in [2.75, 3.05) is 0 Å². The molecule has 0 radical (unpaired) electrons. The lowest BCUT2D eigenvalue weighted by Gasteiger charge is -1.95. The molecule has 2 rings (SSSR count). The molecule has 1 aliphatic carbocycles. The highest BCUT2D eigenvalue weighted by Gasteiger charge is 2.11. The van der Waals surface area contributed by atoms with Crippen LogP contribution in [-0.2, 0) is 6.42 Å². The zero-order chi connectivity index (χ0) is 6.97. The van der Waals surface area contributed by atoms with Crippen LogP contribution in [0.3, 0.4) is 0 Å². The van der Waals surface area contributed by atoms with E-state index in [9.17, 15) is 0 Å². The van der Waals surface area contributed by atoms with Crippen LogP contribution in [0.2, 0.25) is 0 Å². The first-order valence-electron chi connectivity index (χ1n) is 3.64. The van der Waals surface area contributed by atoms with Gasteiger partial charge in [-0.25, -0.2) is 0 Å². The smallest absolute Gasteiger partial charge is 0.0198 e. The fraction of sp³-hybridized carbons (Fsp3) is 0.200. The summed E-state index contributed by atoms with van der Waals surface area (Å²) in [6, 6.07) is 8.52. The zero-order valence-corrected chi connectivity index (χ0v) is 5.93. The second-order valence-corrected chi connectivity index (χ2v) is 2.76. The summed E-state index contributed by atoms with van der Waals surface area (Å²) in [7, 11) is 0. The summed E-state index contributed by atoms with van der Waals surface area (Å²) < 4.78 is 0. The van der Waals surface area contributed by atoms with E-state index in [4.69, 9.17) is 0 Å². The van der Waals surface area contributed by atoms with Gasteiger partial charge in [-0.3, -0.25) is 0 Å². The van der Waals surface area contributed by atoms with Crippen LogP contribution in [-0.4, -0.2) is 0 Å². The maximum Gasteiger partial charge on any atom is -0.0198 e. The number of benzene rings is 1. The fourth-order valence-electron chi connectivity index (χ4n) is 1.50. The molecule has 0 heteroatoms. The van der Waals surface area contributed by atoms with Gasteiger partial charge < -0.3 is 0 Å². The minimum Gasteiger partial charge on any atom is -0.0952 e. The standard InChI is InChI=1S/C10H10/c1-8-6-7-9-4-2-3-5-10(8)9/h2-5H,1,6-7H2. The van der Waals surface area contributed by atoms with E-state index < -0.39 is 0 Å². The number of aryl methyl sites for hydroxylation is 1. The van der Waals surface area contributed by atoms with Crippen LogP contribution in [0.15, 0.2) is 30.8 Å². The Morgan fingerprint density at radius 3 is 2.70 bits per heavy atom. The van der Waals surface area contributed by atoms with Gasteiger partial charge in [-0.05, 0) is 29.5 Å². The van der Waals surface area contributed by atoms with Gasteiger partial charge in [0.25, 0.3) is 0 Å². The molecule has 10 heavy (non-hydrogen) atoms. The van der Waals surface area contributed by atoms with Gasteiger partial charge in [0.2, 0.25) is 0 Å². The van der Waals surface area contributed by atoms with Gasteiger partial charge in [0.1, 0.15) is 0 Å². The SMILES string of the molecule is C=C1CCc2ccccc21. The van der Waals surface area contributed by atoms with Crippen molar-refractivity contribution in [1.29, 1.82) is 0 Å². The minimum atomic E-state index is 1.15. The van der Waals surface area contributed by atoms with Gasteiger partial charge in [0.15, 0.2) is 0 Å². The van der Waals surface area contributed by atoms with Gasteiger partial charge in [-0.2, -0.15) is 0 Å². The molecule has 0 N–H and O–H groups in total. The van der Waals surface area contributed by atoms with Crippen molar-refractivity contribution in [3.05, 3.63) is 42.0 Å². The van der Waals surface area contributed by atoms with Crippen molar-refractivity contribution < 1.29 is 0 Å². The van der Waals surface area contributed by atoms with Gasteiger partial charge in [0.05, 0.1) is 0 Å². The van der Waals surface area contributed by atoms with Crippen LogP contribution in [0.5, 0.6) is 0 Å². The summed E-state index contributed by atoms with van der Waals surface area (Å²) in [4.78, 5) is 0. The molecular formula is C10H10. The van der Waals surface area contributed by atoms with Crippen LogP contribution in [0.1, 0.15) is 17.5 Å². The second kappa shape index (κ2) is 1.98. The Labute approximate surface area is 61.2 Å². The Kier molecular flexibility index (Phi) is 1.13. The molecule has 0 nitrogen and oxygen atoms in total. The predicted molar refractivity (Wildman–Crippen MR) is 43.8 cm³/mol. The van der Waals surface area contributed by atoms with Crippen LogP contribution in [0.4, 0.5) is 0 Å². The molecule has 0 aromatic heterocycles. The Morgan fingerprint density at radius 2 is 1.90 bits per heavy atom. The summed E-state index contributed by atoms with van der Waals surface area (Å²) in [5.41, 5.74) is 4.14. The van der Waals surface area contributed by atoms with E-state index >= 15 is 0 Å². The number of rotatable bonds is 0. The van der Waals surface area contributed by atoms with E-state index in [-0.39, 0.29) is 0 Å². The number of allylic oxidation sites excluding steroid dienone is 1. The molecule has 0 saturated carbocycles. The van der Waals surface area contributed by atoms with Crippen LogP contribution >= 0.6 is 0 Å². The lowest BCUT2D eigenvalue weighted by atomic mass is 10.1. The van der Waals surface area contributed by atoms with E-state index in [1.165, 1.54) is 23.1 Å². The summed E-state index contributed by atoms with van der Waals surface area (Å²) in [5, 5.41) is 0. The van der Waals surface area contributed by atoms with Crippen LogP contribution < -0.4 is 0 Å². The number of hydrogen-bond donors (Lipinski definition) is 0. The van der Waals surface area contributed by atoms with E-state index in [0.29, 0.717) is 0 Å². The lowest BCUT2D eigenvalue weighted by Crippen LogP contribution is -1.76. The topological polar surface area (TPSA) is 0 Å². The van der Waals surface area contributed by atoms with E-state index in [2.05, 4.69) is 30.8 Å². The van der Waals surface area contributed by atoms with Crippen molar-refractivity contribution in [2.45, 2.75) is 12.8 Å². The van der Waals surface area contributed by atoms with Gasteiger partial charge in [0, 0.05) is 0 Å². The van der Waals surface area contributed by atoms with Crippen molar-refractivity contribution in [1.82, 2.24) is 0 Å². The highest BCUT2D eigenvalue weighted by atomic mass is 14.2. The lowest BCUT2D eigenvalue weighted by molar-refractivity contribution is 1.08. The quantitative estimate of drug-likeness (QED) is 0.506. The van der Waals surface area contributed by atoms with Gasteiger partial charge >= 0.3 is 0 Å². The third-order valence-corrected chi connectivity index (χ3v) is 2.09. The molecule has 0 aliphatic heterocycles. The average Bonchev–Trinajstić information content (AvgIpc) is 2.34. The van der Waals surface area contributed by atoms with Gasteiger partial charge in [-0.15, -0.1) is 0 Å². The van der Waals surface area contributed by atoms with E-state index in [1.54, 1.807) is 0 Å². The third-order valence-electron chi connectivity index (χ3n) is 2.09. The molecule has 50 valence electrons. The fourth-order valence-corrected chi connectivity index (χ4v) is 1.50. The molecule has 0 amide bonds. The summed E-state index contributed by atoms with van der Waals surface area (Å²) in [6.07, 6.45) is 2.34. The molecule has 0 unspecified atom stereocenters. The molecule has 1 aromatic carbocycles. The van der Waals surface area contributed by atoms with Crippen molar-refractivity contribution >= 4 is 5.57 Å². The maximum absolute atomic E-state index is 4.00. The number of hydrogen-bond acceptors (Lipinski definition) is 0. The zero-order valence-electron chi connectivity index (χ0n) is 5.93. The molecule has 1 aliphatic rings. The molecule has 0 spiro atoms. The van der Waals surface area contributed by atoms with E-state index in [0.717, 1.165) is 6.42 Å². The van der Waals surface area contributed by atoms with Gasteiger partial charge in [-0.1, -0.05) is 30.8 Å². The first-order valence-corrected chi connectivity index (χ1v) is 3.64. The Hall–Kier alpha value is -1.04. The summed E-state index contributed by atoms with van der Waals surface area (Å²) in [6.45, 7) is 4.00. The highest BCUT2D eigenvalue weighted by Crippen LogP contribution is 2.29. The Morgan fingerprint density at radius 1 is 1.10 bits per heavy atom. The second-order valence-electron chi connectivity index (χ2n) is 2.76. The normalized spacial score (nSPS) is 15.4. The highest BCUT2D eigenvalue weighted by molar-refractivity contribution is 5.70. The maximum atomic E-state index is 4.00. The molecule has 0 atom stereocenters. The van der Waals surface area contributed by atoms with Crippen LogP contribution in [0, 0.1) is 0 Å². The van der Waals surface area contributed by atoms with Crippen LogP contribution in [0.25, 0.3) is 5.57 Å². The minimum absolute atomic E-state index is 1.15. The average molecular weight is 130 g/mol. The Balaban J connectivity index is 2.61. The largest absolute Gasteiger partial charge is 0.0952 e. The molecule has 0 saturated heterocycles. The molecular weight excluding hydrogens is 120 g/mol. The summed E-state index contributed by atoms with van der Waals surface area (Å²) >= 11 is 0. The van der Waals surface area contributed by atoms with Crippen molar-refractivity contribution in [3.63, 3.8) is 0 Å². The monoisotopic (exact) mass is 130 g/mol. The van der Waals surface area contributed by atoms with Crippen molar-refractivity contribution in [2.24, 2.45) is 0 Å².